The second-order valence-electron chi connectivity index (χ2n) is 9.64. The van der Waals surface area contributed by atoms with Crippen LogP contribution in [0.2, 0.25) is 0 Å². The van der Waals surface area contributed by atoms with E-state index in [1.165, 1.54) is 18.3 Å². The van der Waals surface area contributed by atoms with Gasteiger partial charge in [0.25, 0.3) is 5.56 Å². The topological polar surface area (TPSA) is 73.1 Å². The summed E-state index contributed by atoms with van der Waals surface area (Å²) in [5.41, 5.74) is 3.49. The summed E-state index contributed by atoms with van der Waals surface area (Å²) in [6.07, 6.45) is 1.85. The zero-order valence-electron chi connectivity index (χ0n) is 23.6. The van der Waals surface area contributed by atoms with Crippen molar-refractivity contribution in [1.82, 2.24) is 4.57 Å². The molecule has 8 heteroatoms. The number of methoxy groups -OCH3 is 2. The number of ether oxygens (including phenoxy) is 2. The van der Waals surface area contributed by atoms with E-state index in [4.69, 9.17) is 14.5 Å². The Morgan fingerprint density at radius 2 is 1.77 bits per heavy atom. The average molecular weight is 556 g/mol. The minimum atomic E-state index is -0.677. The van der Waals surface area contributed by atoms with Gasteiger partial charge in [-0.1, -0.05) is 41.7 Å². The van der Waals surface area contributed by atoms with Gasteiger partial charge in [0, 0.05) is 47.2 Å². The number of hydrogen-bond acceptors (Lipinski definition) is 7. The molecule has 1 aliphatic heterocycles. The lowest BCUT2D eigenvalue weighted by molar-refractivity contribution is -0.114. The highest BCUT2D eigenvalue weighted by atomic mass is 32.1. The standard InChI is InChI=1S/C32H33N3O4S/c1-7-34(8-2)23-15-13-22(26(18-23)39-6)17-27-31(37)35-30(28(20(4)36)19(3)33-32(35)40-27)29-24-12-10-9-11-21(24)14-16-25(29)38-5/h9-18,30H,7-8H2,1-6H3/b27-17-/t30-/m1/s1. The van der Waals surface area contributed by atoms with E-state index in [0.717, 1.165) is 40.7 Å². The average Bonchev–Trinajstić information content (AvgIpc) is 3.26. The number of fused-ring (bicyclic) bond motifs is 2. The Morgan fingerprint density at radius 3 is 2.45 bits per heavy atom. The zero-order chi connectivity index (χ0) is 28.6. The van der Waals surface area contributed by atoms with Crippen LogP contribution >= 0.6 is 11.3 Å². The summed E-state index contributed by atoms with van der Waals surface area (Å²) in [4.78, 5) is 34.7. The third-order valence-electron chi connectivity index (χ3n) is 7.46. The van der Waals surface area contributed by atoms with Crippen LogP contribution in [0.4, 0.5) is 5.69 Å². The third-order valence-corrected chi connectivity index (χ3v) is 8.44. The summed E-state index contributed by atoms with van der Waals surface area (Å²) >= 11 is 1.31. The zero-order valence-corrected chi connectivity index (χ0v) is 24.5. The van der Waals surface area contributed by atoms with Crippen LogP contribution in [0.3, 0.4) is 0 Å². The predicted octanol–water partition coefficient (Wildman–Crippen LogP) is 4.84. The van der Waals surface area contributed by atoms with E-state index in [9.17, 15) is 9.59 Å². The van der Waals surface area contributed by atoms with Crippen LogP contribution in [-0.4, -0.2) is 37.7 Å². The fourth-order valence-corrected chi connectivity index (χ4v) is 6.56. The molecule has 0 fully saturated rings. The van der Waals surface area contributed by atoms with Gasteiger partial charge in [0.2, 0.25) is 0 Å². The minimum Gasteiger partial charge on any atom is -0.496 e. The predicted molar refractivity (Wildman–Crippen MR) is 162 cm³/mol. The monoisotopic (exact) mass is 555 g/mol. The van der Waals surface area contributed by atoms with Gasteiger partial charge in [-0.15, -0.1) is 0 Å². The van der Waals surface area contributed by atoms with Crippen molar-refractivity contribution < 1.29 is 14.3 Å². The first-order valence-corrected chi connectivity index (χ1v) is 14.2. The summed E-state index contributed by atoms with van der Waals surface area (Å²) in [6, 6.07) is 17.1. The molecule has 0 unspecified atom stereocenters. The first kappa shape index (κ1) is 27.4. The lowest BCUT2D eigenvalue weighted by Gasteiger charge is -2.27. The molecule has 5 rings (SSSR count). The molecule has 0 spiro atoms. The Balaban J connectivity index is 1.77. The number of aromatic nitrogens is 1. The second kappa shape index (κ2) is 11.1. The van der Waals surface area contributed by atoms with Gasteiger partial charge >= 0.3 is 0 Å². The number of Topliss-reactive ketones (excluding diaryl/α,β-unsaturated/α-hetero) is 1. The molecule has 0 saturated heterocycles. The first-order valence-electron chi connectivity index (χ1n) is 13.3. The highest BCUT2D eigenvalue weighted by molar-refractivity contribution is 7.07. The second-order valence-corrected chi connectivity index (χ2v) is 10.6. The van der Waals surface area contributed by atoms with Crippen molar-refractivity contribution >= 4 is 39.7 Å². The van der Waals surface area contributed by atoms with Gasteiger partial charge in [0.05, 0.1) is 24.8 Å². The van der Waals surface area contributed by atoms with E-state index in [-0.39, 0.29) is 11.3 Å². The van der Waals surface area contributed by atoms with E-state index < -0.39 is 6.04 Å². The number of anilines is 1. The van der Waals surface area contributed by atoms with Crippen LogP contribution in [0.1, 0.15) is 44.9 Å². The molecule has 40 heavy (non-hydrogen) atoms. The molecule has 0 amide bonds. The van der Waals surface area contributed by atoms with Crippen molar-refractivity contribution in [3.05, 3.63) is 96.7 Å². The quantitative estimate of drug-likeness (QED) is 0.311. The number of rotatable bonds is 8. The molecule has 1 aliphatic rings. The summed E-state index contributed by atoms with van der Waals surface area (Å²) < 4.78 is 13.7. The van der Waals surface area contributed by atoms with E-state index in [1.54, 1.807) is 18.8 Å². The van der Waals surface area contributed by atoms with Crippen molar-refractivity contribution in [2.24, 2.45) is 4.99 Å². The highest BCUT2D eigenvalue weighted by Gasteiger charge is 2.33. The van der Waals surface area contributed by atoms with Crippen LogP contribution in [0, 0.1) is 0 Å². The van der Waals surface area contributed by atoms with Gasteiger partial charge in [0.1, 0.15) is 11.5 Å². The van der Waals surface area contributed by atoms with Gasteiger partial charge in [0.15, 0.2) is 10.6 Å². The molecule has 1 atom stereocenters. The molecule has 0 radical (unpaired) electrons. The van der Waals surface area contributed by atoms with Crippen molar-refractivity contribution in [1.29, 1.82) is 0 Å². The van der Waals surface area contributed by atoms with Crippen LogP contribution in [-0.2, 0) is 4.79 Å². The SMILES string of the molecule is CCN(CC)c1ccc(/C=c2\sc3n(c2=O)[C@@H](c2c(OC)ccc4ccccc24)C(C(C)=O)=C(C)N=3)c(OC)c1. The number of benzene rings is 3. The van der Waals surface area contributed by atoms with Crippen molar-refractivity contribution in [3.8, 4) is 11.5 Å². The Kier molecular flexibility index (Phi) is 7.63. The molecule has 0 saturated carbocycles. The van der Waals surface area contributed by atoms with Gasteiger partial charge in [-0.2, -0.15) is 0 Å². The van der Waals surface area contributed by atoms with E-state index in [2.05, 4.69) is 18.7 Å². The minimum absolute atomic E-state index is 0.135. The summed E-state index contributed by atoms with van der Waals surface area (Å²) in [7, 11) is 3.24. The molecular weight excluding hydrogens is 522 g/mol. The van der Waals surface area contributed by atoms with Gasteiger partial charge in [-0.3, -0.25) is 14.2 Å². The number of carbonyl (C=O) groups excluding carboxylic acids is 1. The van der Waals surface area contributed by atoms with E-state index >= 15 is 0 Å². The first-order chi connectivity index (χ1) is 19.3. The largest absolute Gasteiger partial charge is 0.496 e. The number of allylic oxidation sites excluding steroid dienone is 2. The Bertz CT molecular complexity index is 1830. The fourth-order valence-electron chi connectivity index (χ4n) is 5.53. The van der Waals surface area contributed by atoms with Crippen molar-refractivity contribution in [2.75, 3.05) is 32.2 Å². The molecule has 1 aromatic heterocycles. The maximum absolute atomic E-state index is 14.1. The molecule has 7 nitrogen and oxygen atoms in total. The smallest absolute Gasteiger partial charge is 0.271 e. The summed E-state index contributed by atoms with van der Waals surface area (Å²) in [5.74, 6) is 1.16. The summed E-state index contributed by atoms with van der Waals surface area (Å²) in [6.45, 7) is 9.34. The highest BCUT2D eigenvalue weighted by Crippen LogP contribution is 2.40. The molecular formula is C32H33N3O4S. The maximum atomic E-state index is 14.1. The van der Waals surface area contributed by atoms with Crippen LogP contribution in [0.25, 0.3) is 16.8 Å². The Hall–Kier alpha value is -4.17. The summed E-state index contributed by atoms with van der Waals surface area (Å²) in [5, 5.41) is 1.92. The maximum Gasteiger partial charge on any atom is 0.271 e. The van der Waals surface area contributed by atoms with Gasteiger partial charge in [-0.25, -0.2) is 4.99 Å². The van der Waals surface area contributed by atoms with Crippen LogP contribution in [0.5, 0.6) is 11.5 Å². The van der Waals surface area contributed by atoms with E-state index in [1.807, 2.05) is 67.6 Å². The number of ketones is 1. The third kappa shape index (κ3) is 4.62. The van der Waals surface area contributed by atoms with Gasteiger partial charge in [-0.05, 0) is 62.7 Å². The fraction of sp³-hybridized carbons (Fsp3) is 0.281. The van der Waals surface area contributed by atoms with Crippen LogP contribution < -0.4 is 29.3 Å². The number of carbonyl (C=O) groups is 1. The number of thiazole rings is 1. The molecule has 0 N–H and O–H groups in total. The van der Waals surface area contributed by atoms with Crippen molar-refractivity contribution in [2.45, 2.75) is 33.7 Å². The molecule has 4 aromatic rings. The Morgan fingerprint density at radius 1 is 1.05 bits per heavy atom. The number of nitrogens with zero attached hydrogens (tertiary/aromatic N) is 3. The van der Waals surface area contributed by atoms with Crippen molar-refractivity contribution in [3.63, 3.8) is 0 Å². The van der Waals surface area contributed by atoms with Gasteiger partial charge < -0.3 is 14.4 Å². The lowest BCUT2D eigenvalue weighted by Crippen LogP contribution is -2.39. The molecule has 0 bridgehead atoms. The van der Waals surface area contributed by atoms with E-state index in [0.29, 0.717) is 32.1 Å². The Labute approximate surface area is 237 Å². The molecule has 206 valence electrons. The van der Waals surface area contributed by atoms with Crippen LogP contribution in [0.15, 0.2) is 75.7 Å². The normalized spacial score (nSPS) is 15.2. The molecule has 3 aromatic carbocycles. The molecule has 0 aliphatic carbocycles. The number of hydrogen-bond donors (Lipinski definition) is 0. The molecule has 2 heterocycles. The lowest BCUT2D eigenvalue weighted by atomic mass is 9.89.